The van der Waals surface area contributed by atoms with Crippen molar-refractivity contribution in [1.29, 1.82) is 0 Å². The third kappa shape index (κ3) is 4.57. The van der Waals surface area contributed by atoms with E-state index in [9.17, 15) is 5.11 Å². The van der Waals surface area contributed by atoms with Gasteiger partial charge in [0.05, 0.1) is 5.60 Å². The average molecular weight is 373 g/mol. The van der Waals surface area contributed by atoms with Gasteiger partial charge in [-0.25, -0.2) is 0 Å². The Bertz CT molecular complexity index is 627. The number of rotatable bonds is 7. The van der Waals surface area contributed by atoms with Gasteiger partial charge in [-0.3, -0.25) is 0 Å². The zero-order valence-electron chi connectivity index (χ0n) is 17.1. The van der Waals surface area contributed by atoms with E-state index in [-0.39, 0.29) is 0 Å². The lowest BCUT2D eigenvalue weighted by Gasteiger charge is -2.41. The quantitative estimate of drug-likeness (QED) is 0.545. The van der Waals surface area contributed by atoms with Gasteiger partial charge >= 0.3 is 0 Å². The second-order valence-corrected chi connectivity index (χ2v) is 10.6. The van der Waals surface area contributed by atoms with Crippen LogP contribution in [0.3, 0.4) is 0 Å². The summed E-state index contributed by atoms with van der Waals surface area (Å²) in [5.41, 5.74) is 1.66. The number of fused-ring (bicyclic) bond motifs is 1. The third-order valence-corrected chi connectivity index (χ3v) is 7.97. The van der Waals surface area contributed by atoms with Gasteiger partial charge in [-0.15, -0.1) is 0 Å². The predicted molar refractivity (Wildman–Crippen MR) is 113 cm³/mol. The molecule has 3 rings (SSSR count). The van der Waals surface area contributed by atoms with E-state index < -0.39 is 5.60 Å². The summed E-state index contributed by atoms with van der Waals surface area (Å²) in [6, 6.07) is 10.9. The Morgan fingerprint density at radius 2 is 1.96 bits per heavy atom. The van der Waals surface area contributed by atoms with Gasteiger partial charge in [-0.1, -0.05) is 62.2 Å². The lowest BCUT2D eigenvalue weighted by atomic mass is 9.66. The molecule has 1 aromatic rings. The van der Waals surface area contributed by atoms with Crippen molar-refractivity contribution in [2.75, 3.05) is 0 Å². The zero-order chi connectivity index (χ0) is 18.8. The molecule has 26 heavy (non-hydrogen) atoms. The molecule has 1 fully saturated rings. The first-order valence-electron chi connectivity index (χ1n) is 10.5. The SMILES string of the molecule is C[C@H](CCCC(C)(C)O)[C@H]1CCC2=C(Sc3ccccc3)CCC[C@@]21C. The van der Waals surface area contributed by atoms with Crippen molar-refractivity contribution in [3.63, 3.8) is 0 Å². The second kappa shape index (κ2) is 8.10. The van der Waals surface area contributed by atoms with E-state index in [2.05, 4.69) is 44.2 Å². The number of allylic oxidation sites excluding steroid dienone is 2. The van der Waals surface area contributed by atoms with Gasteiger partial charge in [0.25, 0.3) is 0 Å². The molecule has 0 aromatic heterocycles. The van der Waals surface area contributed by atoms with Crippen LogP contribution in [0.25, 0.3) is 0 Å². The molecule has 144 valence electrons. The van der Waals surface area contributed by atoms with Gasteiger partial charge in [-0.2, -0.15) is 0 Å². The van der Waals surface area contributed by atoms with Crippen molar-refractivity contribution in [3.8, 4) is 0 Å². The lowest BCUT2D eigenvalue weighted by molar-refractivity contribution is 0.0641. The fourth-order valence-electron chi connectivity index (χ4n) is 5.40. The first kappa shape index (κ1) is 20.0. The van der Waals surface area contributed by atoms with Crippen molar-refractivity contribution in [1.82, 2.24) is 0 Å². The summed E-state index contributed by atoms with van der Waals surface area (Å²) < 4.78 is 0. The highest BCUT2D eigenvalue weighted by Gasteiger charge is 2.47. The fraction of sp³-hybridized carbons (Fsp3) is 0.667. The van der Waals surface area contributed by atoms with Crippen LogP contribution < -0.4 is 0 Å². The molecule has 0 heterocycles. The Hall–Kier alpha value is -0.730. The van der Waals surface area contributed by atoms with Crippen LogP contribution in [0.4, 0.5) is 0 Å². The van der Waals surface area contributed by atoms with Crippen molar-refractivity contribution < 1.29 is 5.11 Å². The second-order valence-electron chi connectivity index (χ2n) is 9.41. The van der Waals surface area contributed by atoms with Gasteiger partial charge in [0, 0.05) is 4.90 Å². The molecular weight excluding hydrogens is 336 g/mol. The summed E-state index contributed by atoms with van der Waals surface area (Å²) >= 11 is 2.02. The third-order valence-electron chi connectivity index (χ3n) is 6.77. The van der Waals surface area contributed by atoms with Crippen LogP contribution in [0, 0.1) is 17.3 Å². The standard InChI is InChI=1S/C24H36OS/c1-18(10-8-16-23(2,3)25)20-14-15-21-22(13-9-17-24(20,21)4)26-19-11-6-5-7-12-19/h5-7,11-12,18,20,25H,8-10,13-17H2,1-4H3/t18-,20-,24-/m1/s1. The van der Waals surface area contributed by atoms with Crippen LogP contribution >= 0.6 is 11.8 Å². The number of hydrogen-bond donors (Lipinski definition) is 1. The molecule has 2 aliphatic rings. The van der Waals surface area contributed by atoms with Crippen molar-refractivity contribution in [2.45, 2.75) is 89.6 Å². The van der Waals surface area contributed by atoms with E-state index in [0.717, 1.165) is 24.7 Å². The minimum absolute atomic E-state index is 0.406. The molecule has 1 aromatic carbocycles. The topological polar surface area (TPSA) is 20.2 Å². The van der Waals surface area contributed by atoms with Gasteiger partial charge in [0.2, 0.25) is 0 Å². The van der Waals surface area contributed by atoms with Crippen LogP contribution in [0.2, 0.25) is 0 Å². The minimum Gasteiger partial charge on any atom is -0.390 e. The maximum atomic E-state index is 10.00. The molecular formula is C24H36OS. The maximum absolute atomic E-state index is 10.00. The highest BCUT2D eigenvalue weighted by molar-refractivity contribution is 8.03. The molecule has 0 unspecified atom stereocenters. The molecule has 2 heteroatoms. The van der Waals surface area contributed by atoms with Crippen LogP contribution in [0.15, 0.2) is 45.7 Å². The van der Waals surface area contributed by atoms with E-state index >= 15 is 0 Å². The molecule has 0 aliphatic heterocycles. The Kier molecular flexibility index (Phi) is 6.24. The van der Waals surface area contributed by atoms with Crippen molar-refractivity contribution >= 4 is 11.8 Å². The number of hydrogen-bond acceptors (Lipinski definition) is 2. The highest BCUT2D eigenvalue weighted by atomic mass is 32.2. The summed E-state index contributed by atoms with van der Waals surface area (Å²) in [6.45, 7) is 8.88. The molecule has 1 saturated carbocycles. The average Bonchev–Trinajstić information content (AvgIpc) is 2.93. The van der Waals surface area contributed by atoms with E-state index in [1.807, 2.05) is 25.6 Å². The fourth-order valence-corrected chi connectivity index (χ4v) is 6.69. The van der Waals surface area contributed by atoms with E-state index in [0.29, 0.717) is 5.41 Å². The predicted octanol–water partition coefficient (Wildman–Crippen LogP) is 7.21. The van der Waals surface area contributed by atoms with Crippen LogP contribution in [0.5, 0.6) is 0 Å². The Balaban J connectivity index is 1.71. The minimum atomic E-state index is -0.519. The molecule has 0 bridgehead atoms. The molecule has 0 spiro atoms. The van der Waals surface area contributed by atoms with E-state index in [1.165, 1.54) is 43.4 Å². The normalized spacial score (nSPS) is 27.5. The monoisotopic (exact) mass is 372 g/mol. The molecule has 1 nitrogen and oxygen atoms in total. The van der Waals surface area contributed by atoms with Gasteiger partial charge < -0.3 is 5.11 Å². The Morgan fingerprint density at radius 3 is 2.65 bits per heavy atom. The number of thioether (sulfide) groups is 1. The van der Waals surface area contributed by atoms with Crippen LogP contribution in [0.1, 0.15) is 79.1 Å². The molecule has 2 aliphatic carbocycles. The smallest absolute Gasteiger partial charge is 0.0591 e. The summed E-state index contributed by atoms with van der Waals surface area (Å²) in [4.78, 5) is 3.05. The molecule has 0 saturated heterocycles. The van der Waals surface area contributed by atoms with Gasteiger partial charge in [0.15, 0.2) is 0 Å². The first-order valence-corrected chi connectivity index (χ1v) is 11.3. The van der Waals surface area contributed by atoms with Crippen LogP contribution in [-0.2, 0) is 0 Å². The molecule has 0 amide bonds. The van der Waals surface area contributed by atoms with E-state index in [1.54, 1.807) is 10.5 Å². The van der Waals surface area contributed by atoms with E-state index in [4.69, 9.17) is 0 Å². The summed E-state index contributed by atoms with van der Waals surface area (Å²) in [5, 5.41) is 10.00. The molecule has 0 radical (unpaired) electrons. The maximum Gasteiger partial charge on any atom is 0.0591 e. The van der Waals surface area contributed by atoms with Gasteiger partial charge in [0.1, 0.15) is 0 Å². The molecule has 1 N–H and O–H groups in total. The lowest BCUT2D eigenvalue weighted by Crippen LogP contribution is -2.31. The largest absolute Gasteiger partial charge is 0.390 e. The number of aliphatic hydroxyl groups is 1. The van der Waals surface area contributed by atoms with Gasteiger partial charge in [-0.05, 0) is 86.7 Å². The Labute approximate surface area is 164 Å². The summed E-state index contributed by atoms with van der Waals surface area (Å²) in [6.07, 6.45) is 9.92. The zero-order valence-corrected chi connectivity index (χ0v) is 17.9. The summed E-state index contributed by atoms with van der Waals surface area (Å²) in [5.74, 6) is 1.56. The van der Waals surface area contributed by atoms with Crippen LogP contribution in [-0.4, -0.2) is 10.7 Å². The first-order chi connectivity index (χ1) is 12.3. The summed E-state index contributed by atoms with van der Waals surface area (Å²) in [7, 11) is 0. The Morgan fingerprint density at radius 1 is 1.23 bits per heavy atom. The van der Waals surface area contributed by atoms with Crippen molar-refractivity contribution in [2.24, 2.45) is 17.3 Å². The molecule has 3 atom stereocenters. The number of benzene rings is 1. The van der Waals surface area contributed by atoms with Crippen molar-refractivity contribution in [3.05, 3.63) is 40.8 Å². The highest BCUT2D eigenvalue weighted by Crippen LogP contribution is 2.59.